The number of hydrogen-bond donors (Lipinski definition) is 0. The third-order valence-corrected chi connectivity index (χ3v) is 3.54. The Balaban J connectivity index is 0.000000240. The van der Waals surface area contributed by atoms with Crippen LogP contribution in [0, 0.1) is 11.6 Å². The van der Waals surface area contributed by atoms with E-state index in [4.69, 9.17) is 9.47 Å². The summed E-state index contributed by atoms with van der Waals surface area (Å²) in [6.07, 6.45) is 0. The van der Waals surface area contributed by atoms with Crippen LogP contribution >= 0.6 is 0 Å². The predicted molar refractivity (Wildman–Crippen MR) is 87.5 cm³/mol. The molecule has 0 unspecified atom stereocenters. The molecule has 0 saturated carbocycles. The van der Waals surface area contributed by atoms with Gasteiger partial charge in [-0.05, 0) is 0 Å². The van der Waals surface area contributed by atoms with E-state index < -0.39 is 0 Å². The van der Waals surface area contributed by atoms with Crippen LogP contribution in [0.2, 0.25) is 0 Å². The Morgan fingerprint density at radius 1 is 0.708 bits per heavy atom. The van der Waals surface area contributed by atoms with E-state index in [1.807, 2.05) is 0 Å². The molecule has 0 aliphatic rings. The zero-order chi connectivity index (χ0) is 17.9. The third-order valence-electron chi connectivity index (χ3n) is 2.59. The number of hydrogen-bond acceptors (Lipinski definition) is 4. The Labute approximate surface area is 164 Å². The topological polar surface area (TPSA) is 52.6 Å². The molecule has 0 aliphatic carbocycles. The molecule has 0 saturated heterocycles. The van der Waals surface area contributed by atoms with Crippen LogP contribution in [0.15, 0.2) is 48.5 Å². The van der Waals surface area contributed by atoms with Gasteiger partial charge >= 0.3 is 165 Å². The molecule has 4 nitrogen and oxygen atoms in total. The van der Waals surface area contributed by atoms with Crippen molar-refractivity contribution in [3.05, 3.63) is 71.3 Å². The van der Waals surface area contributed by atoms with Crippen LogP contribution < -0.4 is 0 Å². The molecule has 0 atom stereocenters. The van der Waals surface area contributed by atoms with E-state index in [9.17, 15) is 18.4 Å². The van der Waals surface area contributed by atoms with Gasteiger partial charge in [0.05, 0.1) is 0 Å². The Morgan fingerprint density at radius 3 is 1.25 bits per heavy atom. The van der Waals surface area contributed by atoms with Gasteiger partial charge in [-0.15, -0.1) is 0 Å². The average Bonchev–Trinajstić information content (AvgIpc) is 2.54. The second-order valence-corrected chi connectivity index (χ2v) is 7.16. The van der Waals surface area contributed by atoms with E-state index in [1.165, 1.54) is 24.3 Å². The molecule has 24 heavy (non-hydrogen) atoms. The predicted octanol–water partition coefficient (Wildman–Crippen LogP) is 2.73. The minimum absolute atomic E-state index is 0.204. The van der Waals surface area contributed by atoms with Gasteiger partial charge in [0.15, 0.2) is 0 Å². The standard InChI is InChI=1S/2C8H6FO2.2Sn.2H/c2*9-8-3-1-7(2-4-8)5-11-6-10;;;;/h2*1-4H,5H2;;;;. The van der Waals surface area contributed by atoms with Crippen molar-refractivity contribution >= 4 is 53.0 Å². The summed E-state index contributed by atoms with van der Waals surface area (Å²) in [5, 5.41) is 0. The number of halogens is 2. The molecule has 0 amide bonds. The number of benzene rings is 2. The van der Waals surface area contributed by atoms with Gasteiger partial charge in [-0.3, -0.25) is 0 Å². The van der Waals surface area contributed by atoms with Crippen LogP contribution in [0.4, 0.5) is 18.4 Å². The van der Waals surface area contributed by atoms with Gasteiger partial charge in [-0.25, -0.2) is 0 Å². The quantitative estimate of drug-likeness (QED) is 0.555. The van der Waals surface area contributed by atoms with Crippen LogP contribution in [0.5, 0.6) is 0 Å². The average molecular weight is 546 g/mol. The van der Waals surface area contributed by atoms with E-state index in [2.05, 4.69) is 0 Å². The summed E-state index contributed by atoms with van der Waals surface area (Å²) in [6.45, 7) is 0.473. The third kappa shape index (κ3) is 9.86. The van der Waals surface area contributed by atoms with Crippen molar-refractivity contribution in [3.8, 4) is 0 Å². The van der Waals surface area contributed by atoms with Gasteiger partial charge in [-0.2, -0.15) is 0 Å². The van der Waals surface area contributed by atoms with Crippen molar-refractivity contribution in [1.82, 2.24) is 0 Å². The van der Waals surface area contributed by atoms with Gasteiger partial charge in [0.25, 0.3) is 0 Å². The van der Waals surface area contributed by atoms with Crippen molar-refractivity contribution < 1.29 is 27.8 Å². The van der Waals surface area contributed by atoms with Crippen LogP contribution in [-0.2, 0) is 22.7 Å². The molecule has 0 aliphatic heterocycles. The van der Waals surface area contributed by atoms with Gasteiger partial charge in [-0.1, -0.05) is 0 Å². The fraction of sp³-hybridized carbons (Fsp3) is 0.125. The summed E-state index contributed by atoms with van der Waals surface area (Å²) in [7, 11) is 0. The van der Waals surface area contributed by atoms with Gasteiger partial charge < -0.3 is 0 Å². The first kappa shape index (κ1) is 20.9. The van der Waals surface area contributed by atoms with E-state index in [-0.39, 0.29) is 32.8 Å². The maximum absolute atomic E-state index is 12.4. The van der Waals surface area contributed by atoms with Gasteiger partial charge in [0.2, 0.25) is 0 Å². The molecule has 2 aromatic carbocycles. The Morgan fingerprint density at radius 2 is 1.00 bits per heavy atom. The molecule has 8 heteroatoms. The van der Waals surface area contributed by atoms with Crippen LogP contribution in [0.25, 0.3) is 0 Å². The Kier molecular flexibility index (Phi) is 9.92. The number of rotatable bonds is 4. The van der Waals surface area contributed by atoms with E-state index in [1.54, 1.807) is 24.3 Å². The first-order valence-corrected chi connectivity index (χ1v) is 9.99. The molecular weight excluding hydrogens is 532 g/mol. The molecule has 4 radical (unpaired) electrons. The van der Waals surface area contributed by atoms with Crippen LogP contribution in [-0.4, -0.2) is 53.0 Å². The van der Waals surface area contributed by atoms with Crippen molar-refractivity contribution in [3.63, 3.8) is 0 Å². The minimum atomic E-state index is -0.282. The number of carbonyl (C=O) groups is 2. The number of carbonyl (C=O) groups excluding carboxylic acids is 2. The molecule has 2 rings (SSSR count). The maximum atomic E-state index is 12.4. The first-order chi connectivity index (χ1) is 11.4. The summed E-state index contributed by atoms with van der Waals surface area (Å²) < 4.78 is 33.9. The molecule has 0 bridgehead atoms. The Bertz CT molecular complexity index is 601. The van der Waals surface area contributed by atoms with Crippen molar-refractivity contribution in [2.45, 2.75) is 13.2 Å². The zero-order valence-electron chi connectivity index (χ0n) is 12.6. The molecular formula is C16H14F2O4Sn2. The zero-order valence-corrected chi connectivity index (χ0v) is 19.2. The Hall–Kier alpha value is -1.16. The molecule has 0 N–H and O–H groups in total. The monoisotopic (exact) mass is 548 g/mol. The van der Waals surface area contributed by atoms with Crippen LogP contribution in [0.1, 0.15) is 11.1 Å². The fourth-order valence-electron chi connectivity index (χ4n) is 1.47. The molecule has 0 aromatic heterocycles. The second kappa shape index (κ2) is 11.4. The summed E-state index contributed by atoms with van der Waals surface area (Å²) in [4.78, 5) is 20.9. The first-order valence-electron chi connectivity index (χ1n) is 6.70. The normalized spacial score (nSPS) is 9.50. The molecule has 0 spiro atoms. The van der Waals surface area contributed by atoms with E-state index in [0.29, 0.717) is 45.0 Å². The molecule has 124 valence electrons. The van der Waals surface area contributed by atoms with E-state index >= 15 is 0 Å². The van der Waals surface area contributed by atoms with Crippen molar-refractivity contribution in [2.24, 2.45) is 0 Å². The number of ether oxygens (including phenoxy) is 2. The van der Waals surface area contributed by atoms with Gasteiger partial charge in [0, 0.05) is 0 Å². The summed E-state index contributed by atoms with van der Waals surface area (Å²) in [6, 6.07) is 11.8. The molecule has 0 fully saturated rings. The van der Waals surface area contributed by atoms with Crippen LogP contribution in [0.3, 0.4) is 0 Å². The summed E-state index contributed by atoms with van der Waals surface area (Å²) in [5.41, 5.74) is 1.61. The molecule has 2 aromatic rings. The van der Waals surface area contributed by atoms with Crippen molar-refractivity contribution in [1.29, 1.82) is 0 Å². The van der Waals surface area contributed by atoms with E-state index in [0.717, 1.165) is 11.1 Å². The van der Waals surface area contributed by atoms with Crippen molar-refractivity contribution in [2.75, 3.05) is 0 Å². The fourth-order valence-corrected chi connectivity index (χ4v) is 1.95. The SMILES string of the molecule is O=[C]([SnH])OCc1ccc(F)cc1.O=[C]([SnH])OCc1ccc(F)cc1. The van der Waals surface area contributed by atoms with Gasteiger partial charge in [0.1, 0.15) is 0 Å². The second-order valence-electron chi connectivity index (χ2n) is 4.47. The molecule has 0 heterocycles. The summed E-state index contributed by atoms with van der Waals surface area (Å²) >= 11 is 0.907. The summed E-state index contributed by atoms with van der Waals surface area (Å²) in [5.74, 6) is -0.564.